The average molecular weight is 431 g/mol. The Morgan fingerprint density at radius 3 is 1.29 bits per heavy atom. The fourth-order valence-electron chi connectivity index (χ4n) is 1.35. The van der Waals surface area contributed by atoms with Gasteiger partial charge in [-0.25, -0.2) is 8.42 Å². The molecule has 0 fully saturated rings. The van der Waals surface area contributed by atoms with Gasteiger partial charge >= 0.3 is 0 Å². The summed E-state index contributed by atoms with van der Waals surface area (Å²) in [5, 5.41) is 0. The van der Waals surface area contributed by atoms with E-state index in [1.54, 1.807) is 0 Å². The highest BCUT2D eigenvalue weighted by molar-refractivity contribution is 7.88. The molecule has 0 saturated heterocycles. The monoisotopic (exact) mass is 430 g/mol. The molecular weight excluding hydrogens is 408 g/mol. The summed E-state index contributed by atoms with van der Waals surface area (Å²) in [4.78, 5) is 0. The Hall–Kier alpha value is 0.0400. The highest BCUT2D eigenvalue weighted by atomic mass is 32.2. The average Bonchev–Trinajstić information content (AvgIpc) is 2.53. The van der Waals surface area contributed by atoms with Gasteiger partial charge in [-0.15, -0.1) is 0 Å². The molecule has 10 nitrogen and oxygen atoms in total. The van der Waals surface area contributed by atoms with Gasteiger partial charge in [-0.05, 0) is 12.8 Å². The lowest BCUT2D eigenvalue weighted by Crippen LogP contribution is -2.15. The summed E-state index contributed by atoms with van der Waals surface area (Å²) in [6.07, 6.45) is 1.48. The van der Waals surface area contributed by atoms with Gasteiger partial charge < -0.3 is 0 Å². The lowest BCUT2D eigenvalue weighted by molar-refractivity contribution is 0.349. The van der Waals surface area contributed by atoms with Crippen molar-refractivity contribution in [2.75, 3.05) is 37.6 Å². The standard InChI is InChI=1S/C10H22O10S4/c1-17-21(11)9-19-23(13,14)7-5-3-4-6-8-24(15,16)20-10-22(12)18-2/h3-10H2,1-2H3. The number of rotatable bonds is 15. The van der Waals surface area contributed by atoms with Crippen LogP contribution in [0.1, 0.15) is 25.7 Å². The SMILES string of the molecule is COS(=O)COS(=O)(=O)CCCCCCS(=O)(=O)OCS(=O)OC. The number of hydrogen-bond donors (Lipinski definition) is 0. The van der Waals surface area contributed by atoms with E-state index in [0.717, 1.165) is 14.2 Å². The first-order chi connectivity index (χ1) is 11.1. The molecule has 0 saturated carbocycles. The third kappa shape index (κ3) is 13.3. The van der Waals surface area contributed by atoms with Gasteiger partial charge in [0.1, 0.15) is 0 Å². The first kappa shape index (κ1) is 24.0. The van der Waals surface area contributed by atoms with E-state index in [2.05, 4.69) is 16.7 Å². The number of hydrogen-bond acceptors (Lipinski definition) is 10. The third-order valence-electron chi connectivity index (χ3n) is 2.56. The van der Waals surface area contributed by atoms with Crippen LogP contribution >= 0.6 is 0 Å². The molecule has 0 rings (SSSR count). The molecule has 0 aromatic heterocycles. The Balaban J connectivity index is 3.86. The van der Waals surface area contributed by atoms with E-state index in [1.807, 2.05) is 0 Å². The molecule has 0 aliphatic rings. The van der Waals surface area contributed by atoms with Crippen molar-refractivity contribution in [3.8, 4) is 0 Å². The van der Waals surface area contributed by atoms with Crippen molar-refractivity contribution in [3.63, 3.8) is 0 Å². The van der Waals surface area contributed by atoms with Crippen molar-refractivity contribution < 1.29 is 42.0 Å². The topological polar surface area (TPSA) is 139 Å². The van der Waals surface area contributed by atoms with Crippen LogP contribution in [0.15, 0.2) is 0 Å². The largest absolute Gasteiger partial charge is 0.292 e. The zero-order valence-corrected chi connectivity index (χ0v) is 16.6. The summed E-state index contributed by atoms with van der Waals surface area (Å²) >= 11 is -3.63. The van der Waals surface area contributed by atoms with Gasteiger partial charge in [0.05, 0.1) is 25.7 Å². The van der Waals surface area contributed by atoms with Crippen molar-refractivity contribution in [2.24, 2.45) is 0 Å². The number of unbranched alkanes of at least 4 members (excludes halogenated alkanes) is 3. The maximum Gasteiger partial charge on any atom is 0.268 e. The van der Waals surface area contributed by atoms with E-state index in [0.29, 0.717) is 12.8 Å². The van der Waals surface area contributed by atoms with Crippen LogP contribution in [0.25, 0.3) is 0 Å². The zero-order chi connectivity index (χ0) is 18.6. The summed E-state index contributed by atoms with van der Waals surface area (Å²) < 4.78 is 85.3. The first-order valence-corrected chi connectivity index (χ1v) is 12.4. The van der Waals surface area contributed by atoms with Crippen LogP contribution in [0.5, 0.6) is 0 Å². The molecule has 0 aromatic rings. The van der Waals surface area contributed by atoms with Gasteiger partial charge in [-0.3, -0.25) is 16.7 Å². The summed E-state index contributed by atoms with van der Waals surface area (Å²) in [5.41, 5.74) is 0. The Morgan fingerprint density at radius 1 is 0.667 bits per heavy atom. The van der Waals surface area contributed by atoms with Gasteiger partial charge in [-0.1, -0.05) is 12.8 Å². The molecular formula is C10H22O10S4. The molecule has 0 bridgehead atoms. The Bertz CT molecular complexity index is 543. The minimum absolute atomic E-state index is 0.260. The predicted molar refractivity (Wildman–Crippen MR) is 88.2 cm³/mol. The predicted octanol–water partition coefficient (Wildman–Crippen LogP) is -0.225. The fourth-order valence-corrected chi connectivity index (χ4v) is 4.70. The summed E-state index contributed by atoms with van der Waals surface area (Å²) in [7, 11) is -5.25. The Kier molecular flexibility index (Phi) is 12.4. The Labute approximate surface area is 147 Å². The molecule has 0 N–H and O–H groups in total. The van der Waals surface area contributed by atoms with Crippen LogP contribution in [0.4, 0.5) is 0 Å². The Morgan fingerprint density at radius 2 is 1.00 bits per heavy atom. The normalized spacial score (nSPS) is 15.2. The maximum atomic E-state index is 11.5. The molecule has 0 radical (unpaired) electrons. The summed E-state index contributed by atoms with van der Waals surface area (Å²) in [5.74, 6) is -1.64. The van der Waals surface area contributed by atoms with Gasteiger partial charge in [0.25, 0.3) is 20.2 Å². The van der Waals surface area contributed by atoms with Gasteiger partial charge in [0.15, 0.2) is 34.0 Å². The first-order valence-electron chi connectivity index (χ1n) is 6.72. The van der Waals surface area contributed by atoms with Crippen molar-refractivity contribution in [2.45, 2.75) is 25.7 Å². The lowest BCUT2D eigenvalue weighted by Gasteiger charge is -2.06. The fraction of sp³-hybridized carbons (Fsp3) is 1.00. The van der Waals surface area contributed by atoms with Crippen LogP contribution in [0, 0.1) is 0 Å². The summed E-state index contributed by atoms with van der Waals surface area (Å²) in [6, 6.07) is 0. The smallest absolute Gasteiger partial charge is 0.268 e. The molecule has 2 unspecified atom stereocenters. The van der Waals surface area contributed by atoms with Crippen LogP contribution in [0.3, 0.4) is 0 Å². The second kappa shape index (κ2) is 12.4. The molecule has 0 spiro atoms. The van der Waals surface area contributed by atoms with Gasteiger partial charge in [0.2, 0.25) is 0 Å². The van der Waals surface area contributed by atoms with Gasteiger partial charge in [0, 0.05) is 0 Å². The molecule has 0 aliphatic heterocycles. The van der Waals surface area contributed by atoms with E-state index in [4.69, 9.17) is 0 Å². The maximum absolute atomic E-state index is 11.5. The van der Waals surface area contributed by atoms with Crippen molar-refractivity contribution in [1.29, 1.82) is 0 Å². The van der Waals surface area contributed by atoms with Crippen molar-refractivity contribution in [3.05, 3.63) is 0 Å². The molecule has 0 amide bonds. The highest BCUT2D eigenvalue weighted by Crippen LogP contribution is 2.07. The quantitative estimate of drug-likeness (QED) is 0.253. The van der Waals surface area contributed by atoms with E-state index < -0.39 is 54.3 Å². The molecule has 2 atom stereocenters. The second-order valence-corrected chi connectivity index (χ2v) is 10.2. The minimum atomic E-state index is -3.79. The van der Waals surface area contributed by atoms with Crippen molar-refractivity contribution in [1.82, 2.24) is 0 Å². The zero-order valence-electron chi connectivity index (χ0n) is 13.4. The second-order valence-electron chi connectivity index (χ2n) is 4.35. The van der Waals surface area contributed by atoms with E-state index in [9.17, 15) is 25.3 Å². The molecule has 146 valence electrons. The molecule has 24 heavy (non-hydrogen) atoms. The van der Waals surface area contributed by atoms with E-state index >= 15 is 0 Å². The van der Waals surface area contributed by atoms with Gasteiger partial charge in [-0.2, -0.15) is 16.8 Å². The third-order valence-corrected chi connectivity index (χ3v) is 6.75. The molecule has 0 aromatic carbocycles. The molecule has 0 aliphatic carbocycles. The van der Waals surface area contributed by atoms with Crippen LogP contribution < -0.4 is 0 Å². The van der Waals surface area contributed by atoms with Crippen LogP contribution in [0.2, 0.25) is 0 Å². The molecule has 14 heteroatoms. The van der Waals surface area contributed by atoms with E-state index in [-0.39, 0.29) is 24.3 Å². The highest BCUT2D eigenvalue weighted by Gasteiger charge is 2.15. The minimum Gasteiger partial charge on any atom is -0.292 e. The van der Waals surface area contributed by atoms with Crippen molar-refractivity contribution >= 4 is 42.4 Å². The van der Waals surface area contributed by atoms with E-state index in [1.165, 1.54) is 0 Å². The summed E-state index contributed by atoms with van der Waals surface area (Å²) in [6.45, 7) is 0. The molecule has 0 heterocycles. The van der Waals surface area contributed by atoms with Crippen LogP contribution in [-0.4, -0.2) is 62.9 Å². The van der Waals surface area contributed by atoms with Crippen LogP contribution in [-0.2, 0) is 59.1 Å². The lowest BCUT2D eigenvalue weighted by atomic mass is 10.2.